The number of rotatable bonds is 5. The fourth-order valence-corrected chi connectivity index (χ4v) is 3.73. The summed E-state index contributed by atoms with van der Waals surface area (Å²) >= 11 is 6.00. The number of anilines is 1. The van der Waals surface area contributed by atoms with Crippen LogP contribution in [0, 0.1) is 10.1 Å². The largest absolute Gasteiger partial charge is 0.376 e. The van der Waals surface area contributed by atoms with Gasteiger partial charge in [0.2, 0.25) is 0 Å². The summed E-state index contributed by atoms with van der Waals surface area (Å²) in [5.41, 5.74) is 0.535. The van der Waals surface area contributed by atoms with Crippen LogP contribution in [0.15, 0.2) is 36.4 Å². The molecule has 1 fully saturated rings. The first-order valence-corrected chi connectivity index (χ1v) is 9.60. The zero-order valence-corrected chi connectivity index (χ0v) is 16.3. The maximum absolute atomic E-state index is 12.7. The van der Waals surface area contributed by atoms with Crippen molar-refractivity contribution in [2.45, 2.75) is 18.9 Å². The number of carbonyl (C=O) groups excluding carboxylic acids is 3. The van der Waals surface area contributed by atoms with Crippen LogP contribution in [0.25, 0.3) is 0 Å². The van der Waals surface area contributed by atoms with E-state index in [0.717, 1.165) is 23.8 Å². The Balaban J connectivity index is 1.53. The van der Waals surface area contributed by atoms with Crippen molar-refractivity contribution >= 4 is 40.7 Å². The molecule has 2 aromatic carbocycles. The van der Waals surface area contributed by atoms with Gasteiger partial charge in [0.05, 0.1) is 39.4 Å². The van der Waals surface area contributed by atoms with E-state index in [2.05, 4.69) is 5.32 Å². The Morgan fingerprint density at radius 2 is 1.97 bits per heavy atom. The summed E-state index contributed by atoms with van der Waals surface area (Å²) in [5, 5.41) is 13.4. The molecule has 0 spiro atoms. The van der Waals surface area contributed by atoms with E-state index in [0.29, 0.717) is 6.61 Å². The third kappa shape index (κ3) is 3.64. The second kappa shape index (κ2) is 7.85. The topological polar surface area (TPSA) is 119 Å². The van der Waals surface area contributed by atoms with Crippen molar-refractivity contribution in [2.75, 3.05) is 18.5 Å². The molecule has 30 heavy (non-hydrogen) atoms. The molecule has 0 saturated carbocycles. The van der Waals surface area contributed by atoms with Gasteiger partial charge in [0.1, 0.15) is 0 Å². The number of nitro benzene ring substituents is 1. The number of halogens is 1. The smallest absolute Gasteiger partial charge is 0.271 e. The number of hydrogen-bond donors (Lipinski definition) is 1. The fourth-order valence-electron chi connectivity index (χ4n) is 3.50. The van der Waals surface area contributed by atoms with Crippen molar-refractivity contribution in [3.63, 3.8) is 0 Å². The molecule has 2 aliphatic heterocycles. The second-order valence-electron chi connectivity index (χ2n) is 6.99. The summed E-state index contributed by atoms with van der Waals surface area (Å²) in [7, 11) is 0. The number of non-ortho nitro benzene ring substituents is 1. The van der Waals surface area contributed by atoms with Gasteiger partial charge in [-0.25, -0.2) is 0 Å². The summed E-state index contributed by atoms with van der Waals surface area (Å²) in [6, 6.07) is 7.91. The third-order valence-electron chi connectivity index (χ3n) is 5.05. The van der Waals surface area contributed by atoms with Crippen LogP contribution >= 0.6 is 11.6 Å². The Labute approximate surface area is 175 Å². The van der Waals surface area contributed by atoms with E-state index in [9.17, 15) is 24.5 Å². The molecule has 1 N–H and O–H groups in total. The van der Waals surface area contributed by atoms with Gasteiger partial charge in [-0.3, -0.25) is 29.4 Å². The minimum Gasteiger partial charge on any atom is -0.376 e. The molecule has 3 amide bonds. The van der Waals surface area contributed by atoms with E-state index in [1.165, 1.54) is 30.3 Å². The van der Waals surface area contributed by atoms with Crippen molar-refractivity contribution in [1.29, 1.82) is 0 Å². The molecule has 9 nitrogen and oxygen atoms in total. The third-order valence-corrected chi connectivity index (χ3v) is 5.37. The Kier molecular flexibility index (Phi) is 5.23. The Hall–Kier alpha value is -3.30. The maximum Gasteiger partial charge on any atom is 0.271 e. The highest BCUT2D eigenvalue weighted by Crippen LogP contribution is 2.29. The summed E-state index contributed by atoms with van der Waals surface area (Å²) in [6.45, 7) is 0.801. The molecule has 1 atom stereocenters. The molecule has 2 aromatic rings. The number of nitro groups is 1. The van der Waals surface area contributed by atoms with E-state index < -0.39 is 22.6 Å². The molecule has 0 aliphatic carbocycles. The van der Waals surface area contributed by atoms with Crippen LogP contribution < -0.4 is 5.32 Å². The normalized spacial score (nSPS) is 17.9. The van der Waals surface area contributed by atoms with Crippen LogP contribution in [0.3, 0.4) is 0 Å². The molecular formula is C20H16ClN3O6. The zero-order chi connectivity index (χ0) is 21.4. The van der Waals surface area contributed by atoms with Crippen LogP contribution in [0.4, 0.5) is 11.4 Å². The second-order valence-corrected chi connectivity index (χ2v) is 7.40. The van der Waals surface area contributed by atoms with Crippen LogP contribution in [0.2, 0.25) is 5.02 Å². The first-order valence-electron chi connectivity index (χ1n) is 9.22. The first-order chi connectivity index (χ1) is 14.3. The van der Waals surface area contributed by atoms with Gasteiger partial charge < -0.3 is 10.1 Å². The molecule has 154 valence electrons. The predicted molar refractivity (Wildman–Crippen MR) is 107 cm³/mol. The highest BCUT2D eigenvalue weighted by atomic mass is 35.5. The van der Waals surface area contributed by atoms with Crippen molar-refractivity contribution in [1.82, 2.24) is 4.90 Å². The van der Waals surface area contributed by atoms with Crippen molar-refractivity contribution < 1.29 is 24.0 Å². The van der Waals surface area contributed by atoms with E-state index in [-0.39, 0.29) is 45.7 Å². The lowest BCUT2D eigenvalue weighted by molar-refractivity contribution is -0.384. The van der Waals surface area contributed by atoms with Gasteiger partial charge in [-0.15, -0.1) is 0 Å². The van der Waals surface area contributed by atoms with E-state index in [1.54, 1.807) is 0 Å². The van der Waals surface area contributed by atoms with Gasteiger partial charge in [0, 0.05) is 24.3 Å². The van der Waals surface area contributed by atoms with Gasteiger partial charge in [-0.1, -0.05) is 11.6 Å². The quantitative estimate of drug-likeness (QED) is 0.442. The average molecular weight is 430 g/mol. The first kappa shape index (κ1) is 20.0. The van der Waals surface area contributed by atoms with Crippen molar-refractivity contribution in [3.05, 3.63) is 68.2 Å². The van der Waals surface area contributed by atoms with Gasteiger partial charge in [-0.2, -0.15) is 0 Å². The summed E-state index contributed by atoms with van der Waals surface area (Å²) in [6.07, 6.45) is 1.51. The van der Waals surface area contributed by atoms with E-state index in [4.69, 9.17) is 16.3 Å². The SMILES string of the molecule is O=C(Nc1ccc([N+](=O)[O-])cc1Cl)c1ccc2c(c1)C(=O)N(CC1CCCO1)C2=O. The lowest BCUT2D eigenvalue weighted by Crippen LogP contribution is -2.36. The Morgan fingerprint density at radius 1 is 1.20 bits per heavy atom. The number of nitrogens with zero attached hydrogens (tertiary/aromatic N) is 2. The summed E-state index contributed by atoms with van der Waals surface area (Å²) in [4.78, 5) is 49.2. The number of imide groups is 1. The minimum atomic E-state index is -0.594. The van der Waals surface area contributed by atoms with Crippen molar-refractivity contribution in [2.24, 2.45) is 0 Å². The standard InChI is InChI=1S/C20H16ClN3O6/c21-16-9-12(24(28)29)4-6-17(16)22-18(25)11-3-5-14-15(8-11)20(27)23(19(14)26)10-13-2-1-7-30-13/h3-6,8-9,13H,1-2,7,10H2,(H,22,25). The fraction of sp³-hybridized carbons (Fsp3) is 0.250. The monoisotopic (exact) mass is 429 g/mol. The average Bonchev–Trinajstić information content (AvgIpc) is 3.32. The number of fused-ring (bicyclic) bond motifs is 1. The molecule has 2 aliphatic rings. The van der Waals surface area contributed by atoms with Gasteiger partial charge >= 0.3 is 0 Å². The van der Waals surface area contributed by atoms with Gasteiger partial charge in [0.25, 0.3) is 23.4 Å². The molecule has 0 aromatic heterocycles. The Morgan fingerprint density at radius 3 is 2.63 bits per heavy atom. The molecule has 0 bridgehead atoms. The van der Waals surface area contributed by atoms with E-state index in [1.807, 2.05) is 0 Å². The van der Waals surface area contributed by atoms with Gasteiger partial charge in [-0.05, 0) is 37.1 Å². The number of amides is 3. The number of hydrogen-bond acceptors (Lipinski definition) is 6. The molecule has 1 saturated heterocycles. The number of benzene rings is 2. The van der Waals surface area contributed by atoms with Crippen LogP contribution in [-0.2, 0) is 4.74 Å². The molecule has 0 radical (unpaired) electrons. The maximum atomic E-state index is 12.7. The number of nitrogens with one attached hydrogen (secondary N) is 1. The molecular weight excluding hydrogens is 414 g/mol. The summed E-state index contributed by atoms with van der Waals surface area (Å²) in [5.74, 6) is -1.43. The lowest BCUT2D eigenvalue weighted by atomic mass is 10.1. The Bertz CT molecular complexity index is 1080. The predicted octanol–water partition coefficient (Wildman–Crippen LogP) is 3.28. The summed E-state index contributed by atoms with van der Waals surface area (Å²) < 4.78 is 5.51. The van der Waals surface area contributed by atoms with Gasteiger partial charge in [0.15, 0.2) is 0 Å². The molecule has 2 heterocycles. The zero-order valence-electron chi connectivity index (χ0n) is 15.6. The number of carbonyl (C=O) groups is 3. The molecule has 1 unspecified atom stereocenters. The highest BCUT2D eigenvalue weighted by molar-refractivity contribution is 6.34. The van der Waals surface area contributed by atoms with Crippen LogP contribution in [-0.4, -0.2) is 46.8 Å². The lowest BCUT2D eigenvalue weighted by Gasteiger charge is -2.17. The van der Waals surface area contributed by atoms with E-state index >= 15 is 0 Å². The highest BCUT2D eigenvalue weighted by Gasteiger charge is 2.38. The number of ether oxygens (including phenoxy) is 1. The van der Waals surface area contributed by atoms with Crippen molar-refractivity contribution in [3.8, 4) is 0 Å². The minimum absolute atomic E-state index is 0.00713. The molecule has 4 rings (SSSR count). The van der Waals surface area contributed by atoms with Crippen LogP contribution in [0.1, 0.15) is 43.9 Å². The molecule has 10 heteroatoms. The van der Waals surface area contributed by atoms with Crippen LogP contribution in [0.5, 0.6) is 0 Å².